The van der Waals surface area contributed by atoms with Gasteiger partial charge in [-0.2, -0.15) is 4.98 Å². The number of H-pyrrole nitrogens is 1. The molecular weight excluding hydrogens is 334 g/mol. The average molecular weight is 359 g/mol. The summed E-state index contributed by atoms with van der Waals surface area (Å²) in [4.78, 5) is 36.2. The molecular formula is C18H25N5O3. The van der Waals surface area contributed by atoms with Crippen LogP contribution in [-0.4, -0.2) is 38.3 Å². The minimum Gasteiger partial charge on any atom is -0.376 e. The second-order valence-corrected chi connectivity index (χ2v) is 7.28. The summed E-state index contributed by atoms with van der Waals surface area (Å²) in [6.07, 6.45) is 10.3. The van der Waals surface area contributed by atoms with Gasteiger partial charge in [0.2, 0.25) is 5.95 Å². The van der Waals surface area contributed by atoms with Gasteiger partial charge in [0.1, 0.15) is 5.52 Å². The van der Waals surface area contributed by atoms with E-state index in [1.54, 1.807) is 4.57 Å². The zero-order chi connectivity index (χ0) is 17.9. The Hall–Kier alpha value is -2.22. The van der Waals surface area contributed by atoms with Gasteiger partial charge in [0.15, 0.2) is 5.52 Å². The Bertz CT molecular complexity index is 879. The average Bonchev–Trinajstić information content (AvgIpc) is 3.02. The van der Waals surface area contributed by atoms with E-state index < -0.39 is 5.56 Å². The second-order valence-electron chi connectivity index (χ2n) is 7.28. The fourth-order valence-electron chi connectivity index (χ4n) is 3.94. The van der Waals surface area contributed by atoms with E-state index >= 15 is 0 Å². The lowest BCUT2D eigenvalue weighted by Crippen LogP contribution is -2.26. The Morgan fingerprint density at radius 3 is 2.73 bits per heavy atom. The molecule has 1 unspecified atom stereocenters. The molecule has 8 nitrogen and oxygen atoms in total. The maximum Gasteiger partial charge on any atom is 0.301 e. The van der Waals surface area contributed by atoms with Crippen LogP contribution >= 0.6 is 0 Å². The summed E-state index contributed by atoms with van der Waals surface area (Å²) in [5.41, 5.74) is -0.451. The van der Waals surface area contributed by atoms with Crippen molar-refractivity contribution in [3.8, 4) is 0 Å². The summed E-state index contributed by atoms with van der Waals surface area (Å²) in [7, 11) is 0. The predicted molar refractivity (Wildman–Crippen MR) is 98.5 cm³/mol. The summed E-state index contributed by atoms with van der Waals surface area (Å²) in [6.45, 7) is 1.26. The van der Waals surface area contributed by atoms with E-state index in [4.69, 9.17) is 4.74 Å². The number of imidazole rings is 1. The van der Waals surface area contributed by atoms with Gasteiger partial charge in [-0.15, -0.1) is 0 Å². The van der Waals surface area contributed by atoms with E-state index in [1.165, 1.54) is 12.7 Å². The molecule has 4 rings (SSSR count). The van der Waals surface area contributed by atoms with E-state index in [9.17, 15) is 9.59 Å². The first-order chi connectivity index (χ1) is 12.7. The van der Waals surface area contributed by atoms with Crippen LogP contribution in [0.25, 0.3) is 11.0 Å². The minimum atomic E-state index is -0.486. The largest absolute Gasteiger partial charge is 0.376 e. The van der Waals surface area contributed by atoms with Crippen LogP contribution in [0, 0.1) is 0 Å². The van der Waals surface area contributed by atoms with Crippen LogP contribution in [0.5, 0.6) is 0 Å². The Labute approximate surface area is 151 Å². The van der Waals surface area contributed by atoms with Gasteiger partial charge < -0.3 is 14.6 Å². The summed E-state index contributed by atoms with van der Waals surface area (Å²) >= 11 is 0. The normalized spacial score (nSPS) is 21.8. The van der Waals surface area contributed by atoms with E-state index in [0.29, 0.717) is 6.54 Å². The highest BCUT2D eigenvalue weighted by molar-refractivity contribution is 5.72. The molecule has 2 aliphatic rings. The molecule has 1 saturated heterocycles. The number of hydrogen-bond donors (Lipinski definition) is 2. The number of nitrogens with zero attached hydrogens (tertiary/aromatic N) is 3. The third kappa shape index (κ3) is 3.65. The van der Waals surface area contributed by atoms with Crippen molar-refractivity contribution in [2.45, 2.75) is 70.1 Å². The molecule has 1 atom stereocenters. The number of nitrogens with one attached hydrogen (secondary N) is 2. The molecule has 0 radical (unpaired) electrons. The number of anilines is 1. The van der Waals surface area contributed by atoms with Gasteiger partial charge in [0.25, 0.3) is 5.56 Å². The predicted octanol–water partition coefficient (Wildman–Crippen LogP) is 1.79. The highest BCUT2D eigenvalue weighted by atomic mass is 16.5. The van der Waals surface area contributed by atoms with Crippen LogP contribution in [0.15, 0.2) is 15.9 Å². The zero-order valence-electron chi connectivity index (χ0n) is 14.9. The van der Waals surface area contributed by atoms with Crippen LogP contribution in [0.2, 0.25) is 0 Å². The smallest absolute Gasteiger partial charge is 0.301 e. The Balaban J connectivity index is 1.66. The van der Waals surface area contributed by atoms with Gasteiger partial charge in [-0.3, -0.25) is 14.6 Å². The molecule has 2 aromatic heterocycles. The van der Waals surface area contributed by atoms with Gasteiger partial charge in [-0.25, -0.2) is 4.98 Å². The second kappa shape index (κ2) is 7.57. The SMILES string of the molecule is O=c1nc(NC2CCCCC2)[nH]c(=O)c2c1ncn2CC1CCCCO1. The third-order valence-corrected chi connectivity index (χ3v) is 5.32. The van der Waals surface area contributed by atoms with Crippen molar-refractivity contribution in [2.75, 3.05) is 11.9 Å². The fraction of sp³-hybridized carbons (Fsp3) is 0.667. The molecule has 1 saturated carbocycles. The van der Waals surface area contributed by atoms with Crippen molar-refractivity contribution in [3.63, 3.8) is 0 Å². The van der Waals surface area contributed by atoms with Gasteiger partial charge in [0.05, 0.1) is 19.0 Å². The Morgan fingerprint density at radius 1 is 1.15 bits per heavy atom. The topological polar surface area (TPSA) is 102 Å². The number of ether oxygens (including phenoxy) is 1. The molecule has 2 fully saturated rings. The molecule has 8 heteroatoms. The van der Waals surface area contributed by atoms with E-state index in [0.717, 1.165) is 51.6 Å². The summed E-state index contributed by atoms with van der Waals surface area (Å²) < 4.78 is 7.47. The maximum atomic E-state index is 12.7. The molecule has 1 aliphatic heterocycles. The molecule has 0 amide bonds. The van der Waals surface area contributed by atoms with Crippen molar-refractivity contribution in [3.05, 3.63) is 27.0 Å². The minimum absolute atomic E-state index is 0.0500. The standard InChI is InChI=1S/C18H25N5O3/c24-16-14-15(23(11-19-14)10-13-8-4-5-9-26-13)17(25)22-18(21-16)20-12-6-2-1-3-7-12/h11-13H,1-10H2,(H2,20,21,22,24,25). The molecule has 0 bridgehead atoms. The number of fused-ring (bicyclic) bond motifs is 1. The molecule has 0 spiro atoms. The van der Waals surface area contributed by atoms with E-state index in [2.05, 4.69) is 20.3 Å². The van der Waals surface area contributed by atoms with Crippen molar-refractivity contribution in [1.29, 1.82) is 0 Å². The van der Waals surface area contributed by atoms with Crippen LogP contribution < -0.4 is 16.4 Å². The van der Waals surface area contributed by atoms with Crippen LogP contribution in [0.3, 0.4) is 0 Å². The lowest BCUT2D eigenvalue weighted by atomic mass is 9.96. The van der Waals surface area contributed by atoms with E-state index in [1.807, 2.05) is 0 Å². The Kier molecular flexibility index (Phi) is 5.01. The molecule has 1 aliphatic carbocycles. The fourth-order valence-corrected chi connectivity index (χ4v) is 3.94. The first-order valence-electron chi connectivity index (χ1n) is 9.58. The third-order valence-electron chi connectivity index (χ3n) is 5.32. The van der Waals surface area contributed by atoms with Crippen molar-refractivity contribution in [1.82, 2.24) is 19.5 Å². The van der Waals surface area contributed by atoms with Crippen molar-refractivity contribution in [2.24, 2.45) is 0 Å². The molecule has 0 aromatic carbocycles. The maximum absolute atomic E-state index is 12.7. The number of aromatic nitrogens is 4. The molecule has 140 valence electrons. The first kappa shape index (κ1) is 17.2. The van der Waals surface area contributed by atoms with Gasteiger partial charge in [0, 0.05) is 12.6 Å². The van der Waals surface area contributed by atoms with Gasteiger partial charge in [-0.1, -0.05) is 19.3 Å². The lowest BCUT2D eigenvalue weighted by molar-refractivity contribution is 0.00658. The zero-order valence-corrected chi connectivity index (χ0v) is 14.9. The van der Waals surface area contributed by atoms with Gasteiger partial charge >= 0.3 is 5.56 Å². The first-order valence-corrected chi connectivity index (χ1v) is 9.58. The lowest BCUT2D eigenvalue weighted by Gasteiger charge is -2.22. The van der Waals surface area contributed by atoms with Gasteiger partial charge in [-0.05, 0) is 32.1 Å². The summed E-state index contributed by atoms with van der Waals surface area (Å²) in [5.74, 6) is 0.241. The monoisotopic (exact) mass is 359 g/mol. The van der Waals surface area contributed by atoms with Crippen molar-refractivity contribution < 1.29 is 4.74 Å². The quantitative estimate of drug-likeness (QED) is 0.863. The number of hydrogen-bond acceptors (Lipinski definition) is 6. The molecule has 26 heavy (non-hydrogen) atoms. The molecule has 2 aromatic rings. The molecule has 2 N–H and O–H groups in total. The Morgan fingerprint density at radius 2 is 1.96 bits per heavy atom. The highest BCUT2D eigenvalue weighted by Crippen LogP contribution is 2.20. The molecule has 3 heterocycles. The summed E-state index contributed by atoms with van der Waals surface area (Å²) in [5, 5.41) is 3.22. The van der Waals surface area contributed by atoms with E-state index in [-0.39, 0.29) is 34.7 Å². The number of rotatable bonds is 4. The van der Waals surface area contributed by atoms with Crippen LogP contribution in [-0.2, 0) is 11.3 Å². The van der Waals surface area contributed by atoms with Crippen LogP contribution in [0.1, 0.15) is 51.4 Å². The van der Waals surface area contributed by atoms with Crippen molar-refractivity contribution >= 4 is 17.0 Å². The highest BCUT2D eigenvalue weighted by Gasteiger charge is 2.19. The number of aromatic amines is 1. The summed E-state index contributed by atoms with van der Waals surface area (Å²) in [6, 6.07) is 0.249. The van der Waals surface area contributed by atoms with Crippen LogP contribution in [0.4, 0.5) is 5.95 Å².